The third-order valence-electron chi connectivity index (χ3n) is 5.54. The van der Waals surface area contributed by atoms with E-state index in [0.717, 1.165) is 16.4 Å². The molecule has 0 unspecified atom stereocenters. The van der Waals surface area contributed by atoms with Crippen molar-refractivity contribution in [3.63, 3.8) is 0 Å². The van der Waals surface area contributed by atoms with Gasteiger partial charge in [0.1, 0.15) is 0 Å². The molecule has 1 aromatic heterocycles. The molecule has 9 heteroatoms. The predicted octanol–water partition coefficient (Wildman–Crippen LogP) is 4.78. The Morgan fingerprint density at radius 1 is 1.06 bits per heavy atom. The van der Waals surface area contributed by atoms with E-state index in [9.17, 15) is 18.5 Å². The van der Waals surface area contributed by atoms with Gasteiger partial charge in [0.25, 0.3) is 5.69 Å². The molecule has 3 aromatic rings. The SMILES string of the molecule is Cc1cc(C)cc(-c2csc(N3CCC(S(=O)(=O)c4ccc([N+](=O)[O-])cc4)CC3)n2)c1. The van der Waals surface area contributed by atoms with E-state index in [1.807, 2.05) is 5.38 Å². The van der Waals surface area contributed by atoms with E-state index in [4.69, 9.17) is 4.98 Å². The van der Waals surface area contributed by atoms with Gasteiger partial charge >= 0.3 is 0 Å². The maximum atomic E-state index is 13.0. The van der Waals surface area contributed by atoms with Gasteiger partial charge in [-0.05, 0) is 51.0 Å². The van der Waals surface area contributed by atoms with E-state index < -0.39 is 20.0 Å². The number of benzene rings is 2. The summed E-state index contributed by atoms with van der Waals surface area (Å²) in [5.41, 5.74) is 4.31. The Morgan fingerprint density at radius 3 is 2.26 bits per heavy atom. The minimum absolute atomic E-state index is 0.114. The number of anilines is 1. The molecule has 0 radical (unpaired) electrons. The summed E-state index contributed by atoms with van der Waals surface area (Å²) in [5.74, 6) is 0. The van der Waals surface area contributed by atoms with E-state index in [1.165, 1.54) is 35.4 Å². The van der Waals surface area contributed by atoms with Gasteiger partial charge in [0.2, 0.25) is 0 Å². The highest BCUT2D eigenvalue weighted by Crippen LogP contribution is 2.32. The van der Waals surface area contributed by atoms with E-state index in [-0.39, 0.29) is 10.6 Å². The summed E-state index contributed by atoms with van der Waals surface area (Å²) < 4.78 is 25.9. The van der Waals surface area contributed by atoms with Crippen molar-refractivity contribution >= 4 is 32.0 Å². The summed E-state index contributed by atoms with van der Waals surface area (Å²) >= 11 is 1.57. The fraction of sp³-hybridized carbons (Fsp3) is 0.318. The number of aryl methyl sites for hydroxylation is 2. The molecular formula is C22H23N3O4S2. The number of nitro benzene ring substituents is 1. The van der Waals surface area contributed by atoms with Crippen molar-refractivity contribution in [3.8, 4) is 11.3 Å². The Morgan fingerprint density at radius 2 is 1.68 bits per heavy atom. The first-order valence-electron chi connectivity index (χ1n) is 10.0. The molecular weight excluding hydrogens is 434 g/mol. The van der Waals surface area contributed by atoms with Crippen molar-refractivity contribution in [2.24, 2.45) is 0 Å². The van der Waals surface area contributed by atoms with Crippen LogP contribution in [0.5, 0.6) is 0 Å². The molecule has 1 fully saturated rings. The average Bonchev–Trinajstić information content (AvgIpc) is 3.23. The molecule has 1 saturated heterocycles. The number of hydrogen-bond donors (Lipinski definition) is 0. The van der Waals surface area contributed by atoms with Gasteiger partial charge in [0.05, 0.1) is 20.8 Å². The highest BCUT2D eigenvalue weighted by atomic mass is 32.2. The van der Waals surface area contributed by atoms with Crippen molar-refractivity contribution in [1.29, 1.82) is 0 Å². The van der Waals surface area contributed by atoms with Crippen LogP contribution in [0.25, 0.3) is 11.3 Å². The number of non-ortho nitro benzene ring substituents is 1. The van der Waals surface area contributed by atoms with Gasteiger partial charge in [-0.2, -0.15) is 0 Å². The van der Waals surface area contributed by atoms with Crippen molar-refractivity contribution in [1.82, 2.24) is 4.98 Å². The van der Waals surface area contributed by atoms with Gasteiger partial charge in [-0.15, -0.1) is 11.3 Å². The lowest BCUT2D eigenvalue weighted by Gasteiger charge is -2.31. The summed E-state index contributed by atoms with van der Waals surface area (Å²) in [6.07, 6.45) is 0.996. The maximum Gasteiger partial charge on any atom is 0.269 e. The van der Waals surface area contributed by atoms with Crippen molar-refractivity contribution in [2.75, 3.05) is 18.0 Å². The summed E-state index contributed by atoms with van der Waals surface area (Å²) in [5, 5.41) is 13.3. The first-order valence-corrected chi connectivity index (χ1v) is 12.4. The van der Waals surface area contributed by atoms with Crippen LogP contribution >= 0.6 is 11.3 Å². The van der Waals surface area contributed by atoms with E-state index >= 15 is 0 Å². The van der Waals surface area contributed by atoms with Crippen LogP contribution in [-0.2, 0) is 9.84 Å². The largest absolute Gasteiger partial charge is 0.348 e. The molecule has 31 heavy (non-hydrogen) atoms. The van der Waals surface area contributed by atoms with Crippen LogP contribution in [0.3, 0.4) is 0 Å². The molecule has 0 N–H and O–H groups in total. The first kappa shape index (κ1) is 21.5. The van der Waals surface area contributed by atoms with Crippen LogP contribution in [0.15, 0.2) is 52.7 Å². The molecule has 0 aliphatic carbocycles. The maximum absolute atomic E-state index is 13.0. The zero-order chi connectivity index (χ0) is 22.2. The molecule has 0 atom stereocenters. The molecule has 2 aromatic carbocycles. The van der Waals surface area contributed by atoms with Crippen molar-refractivity contribution < 1.29 is 13.3 Å². The minimum Gasteiger partial charge on any atom is -0.348 e. The molecule has 0 amide bonds. The first-order chi connectivity index (χ1) is 14.7. The van der Waals surface area contributed by atoms with Crippen LogP contribution in [0, 0.1) is 24.0 Å². The molecule has 1 aliphatic heterocycles. The van der Waals surface area contributed by atoms with Gasteiger partial charge in [-0.25, -0.2) is 13.4 Å². The van der Waals surface area contributed by atoms with E-state index in [2.05, 4.69) is 36.9 Å². The molecule has 4 rings (SSSR count). The van der Waals surface area contributed by atoms with Gasteiger partial charge in [0, 0.05) is 36.2 Å². The summed E-state index contributed by atoms with van der Waals surface area (Å²) in [7, 11) is -3.52. The zero-order valence-electron chi connectivity index (χ0n) is 17.3. The Hall–Kier alpha value is -2.78. The van der Waals surface area contributed by atoms with Crippen LogP contribution in [0.4, 0.5) is 10.8 Å². The lowest BCUT2D eigenvalue weighted by atomic mass is 10.1. The number of nitrogens with zero attached hydrogens (tertiary/aromatic N) is 3. The second kappa shape index (κ2) is 8.39. The standard InChI is InChI=1S/C22H23N3O4S2/c1-15-11-16(2)13-17(12-15)21-14-30-22(23-21)24-9-7-20(8-10-24)31(28,29)19-5-3-18(4-6-19)25(26)27/h3-6,11-14,20H,7-10H2,1-2H3. The second-order valence-electron chi connectivity index (χ2n) is 7.87. The fourth-order valence-electron chi connectivity index (χ4n) is 3.97. The number of thiazole rings is 1. The molecule has 0 saturated carbocycles. The highest BCUT2D eigenvalue weighted by Gasteiger charge is 2.32. The second-order valence-corrected chi connectivity index (χ2v) is 10.9. The summed E-state index contributed by atoms with van der Waals surface area (Å²) in [6, 6.07) is 11.5. The number of hydrogen-bond acceptors (Lipinski definition) is 7. The topological polar surface area (TPSA) is 93.4 Å². The minimum atomic E-state index is -3.52. The lowest BCUT2D eigenvalue weighted by Crippen LogP contribution is -2.39. The van der Waals surface area contributed by atoms with Crippen molar-refractivity contribution in [2.45, 2.75) is 36.8 Å². The zero-order valence-corrected chi connectivity index (χ0v) is 18.9. The van der Waals surface area contributed by atoms with Gasteiger partial charge in [0.15, 0.2) is 15.0 Å². The monoisotopic (exact) mass is 457 g/mol. The third kappa shape index (κ3) is 4.47. The Balaban J connectivity index is 1.45. The third-order valence-corrected chi connectivity index (χ3v) is 8.72. The Bertz CT molecular complexity index is 1190. The fourth-order valence-corrected chi connectivity index (χ4v) is 6.59. The van der Waals surface area contributed by atoms with Crippen LogP contribution in [-0.4, -0.2) is 36.7 Å². The molecule has 0 bridgehead atoms. The van der Waals surface area contributed by atoms with Gasteiger partial charge in [-0.3, -0.25) is 10.1 Å². The van der Waals surface area contributed by atoms with Crippen molar-refractivity contribution in [3.05, 3.63) is 69.1 Å². The molecule has 2 heterocycles. The summed E-state index contributed by atoms with van der Waals surface area (Å²) in [6.45, 7) is 5.35. The van der Waals surface area contributed by atoms with E-state index in [0.29, 0.717) is 25.9 Å². The number of nitro groups is 1. The normalized spacial score (nSPS) is 15.2. The number of piperidine rings is 1. The van der Waals surface area contributed by atoms with Gasteiger partial charge in [-0.1, -0.05) is 17.2 Å². The summed E-state index contributed by atoms with van der Waals surface area (Å²) in [4.78, 5) is 17.3. The lowest BCUT2D eigenvalue weighted by molar-refractivity contribution is -0.384. The average molecular weight is 458 g/mol. The number of sulfone groups is 1. The smallest absolute Gasteiger partial charge is 0.269 e. The molecule has 162 valence electrons. The van der Waals surface area contributed by atoms with Crippen LogP contribution in [0.2, 0.25) is 0 Å². The number of aromatic nitrogens is 1. The van der Waals surface area contributed by atoms with Crippen LogP contribution < -0.4 is 4.90 Å². The van der Waals surface area contributed by atoms with Gasteiger partial charge < -0.3 is 4.90 Å². The molecule has 0 spiro atoms. The Kier molecular flexibility index (Phi) is 5.81. The van der Waals surface area contributed by atoms with Crippen LogP contribution in [0.1, 0.15) is 24.0 Å². The predicted molar refractivity (Wildman–Crippen MR) is 123 cm³/mol. The highest BCUT2D eigenvalue weighted by molar-refractivity contribution is 7.92. The quantitative estimate of drug-likeness (QED) is 0.404. The Labute approximate surface area is 185 Å². The van der Waals surface area contributed by atoms with E-state index in [1.54, 1.807) is 11.3 Å². The number of rotatable bonds is 5. The molecule has 1 aliphatic rings. The molecule has 7 nitrogen and oxygen atoms in total.